The maximum Gasteiger partial charge on any atom is 0.0443 e. The molecule has 0 aliphatic heterocycles. The van der Waals surface area contributed by atoms with Gasteiger partial charge in [0.2, 0.25) is 0 Å². The van der Waals surface area contributed by atoms with Gasteiger partial charge in [-0.3, -0.25) is 4.90 Å². The molecule has 0 aromatic rings. The standard InChI is InChI=1S/C14H26BrNO/c15-11-14(7-1-2-8-14)12-16(9-4-10-17)13-5-3-6-13/h13,17H,1-12H2. The quantitative estimate of drug-likeness (QED) is 0.730. The van der Waals surface area contributed by atoms with Crippen LogP contribution in [-0.2, 0) is 0 Å². The van der Waals surface area contributed by atoms with E-state index in [2.05, 4.69) is 20.8 Å². The highest BCUT2D eigenvalue weighted by atomic mass is 79.9. The molecule has 2 fully saturated rings. The van der Waals surface area contributed by atoms with Crippen LogP contribution < -0.4 is 0 Å². The van der Waals surface area contributed by atoms with Crippen LogP contribution in [0.3, 0.4) is 0 Å². The van der Waals surface area contributed by atoms with E-state index in [0.29, 0.717) is 12.0 Å². The Bertz CT molecular complexity index is 224. The topological polar surface area (TPSA) is 23.5 Å². The summed E-state index contributed by atoms with van der Waals surface area (Å²) >= 11 is 3.74. The fraction of sp³-hybridized carbons (Fsp3) is 1.00. The van der Waals surface area contributed by atoms with Crippen LogP contribution in [0.5, 0.6) is 0 Å². The van der Waals surface area contributed by atoms with Crippen molar-refractivity contribution in [2.24, 2.45) is 5.41 Å². The minimum atomic E-state index is 0.338. The fourth-order valence-corrected chi connectivity index (χ4v) is 4.04. The first kappa shape index (κ1) is 13.8. The molecule has 100 valence electrons. The molecule has 2 aliphatic carbocycles. The average Bonchev–Trinajstić information content (AvgIpc) is 2.73. The van der Waals surface area contributed by atoms with Gasteiger partial charge in [0.05, 0.1) is 0 Å². The summed E-state index contributed by atoms with van der Waals surface area (Å²) < 4.78 is 0. The number of nitrogens with zero attached hydrogens (tertiary/aromatic N) is 1. The van der Waals surface area contributed by atoms with Gasteiger partial charge < -0.3 is 5.11 Å². The zero-order valence-electron chi connectivity index (χ0n) is 10.8. The van der Waals surface area contributed by atoms with Gasteiger partial charge in [0, 0.05) is 31.1 Å². The highest BCUT2D eigenvalue weighted by molar-refractivity contribution is 9.09. The molecule has 0 saturated heterocycles. The Balaban J connectivity index is 1.90. The van der Waals surface area contributed by atoms with Crippen molar-refractivity contribution >= 4 is 15.9 Å². The van der Waals surface area contributed by atoms with Gasteiger partial charge in [-0.1, -0.05) is 35.2 Å². The van der Waals surface area contributed by atoms with Gasteiger partial charge in [0.25, 0.3) is 0 Å². The maximum atomic E-state index is 9.03. The zero-order valence-corrected chi connectivity index (χ0v) is 12.4. The number of hydrogen-bond donors (Lipinski definition) is 1. The van der Waals surface area contributed by atoms with Crippen LogP contribution in [0.15, 0.2) is 0 Å². The maximum absolute atomic E-state index is 9.03. The molecule has 2 saturated carbocycles. The first-order valence-corrected chi connectivity index (χ1v) is 8.33. The van der Waals surface area contributed by atoms with E-state index >= 15 is 0 Å². The van der Waals surface area contributed by atoms with Crippen LogP contribution in [0.25, 0.3) is 0 Å². The lowest BCUT2D eigenvalue weighted by atomic mass is 9.84. The third-order valence-electron chi connectivity index (χ3n) is 4.68. The Morgan fingerprint density at radius 1 is 1.18 bits per heavy atom. The van der Waals surface area contributed by atoms with Crippen LogP contribution >= 0.6 is 15.9 Å². The van der Waals surface area contributed by atoms with Crippen molar-refractivity contribution in [3.05, 3.63) is 0 Å². The van der Waals surface area contributed by atoms with Gasteiger partial charge in [-0.15, -0.1) is 0 Å². The lowest BCUT2D eigenvalue weighted by molar-refractivity contribution is 0.0731. The Morgan fingerprint density at radius 2 is 1.88 bits per heavy atom. The van der Waals surface area contributed by atoms with Gasteiger partial charge in [0.15, 0.2) is 0 Å². The van der Waals surface area contributed by atoms with E-state index in [9.17, 15) is 0 Å². The molecule has 17 heavy (non-hydrogen) atoms. The highest BCUT2D eigenvalue weighted by Crippen LogP contribution is 2.41. The van der Waals surface area contributed by atoms with Crippen LogP contribution in [0.4, 0.5) is 0 Å². The van der Waals surface area contributed by atoms with E-state index in [0.717, 1.165) is 24.3 Å². The van der Waals surface area contributed by atoms with E-state index in [1.165, 1.54) is 51.5 Å². The number of alkyl halides is 1. The van der Waals surface area contributed by atoms with E-state index in [1.807, 2.05) is 0 Å². The molecule has 0 bridgehead atoms. The molecular formula is C14H26BrNO. The molecule has 0 amide bonds. The predicted octanol–water partition coefficient (Wildman–Crippen LogP) is 3.18. The fourth-order valence-electron chi connectivity index (χ4n) is 3.31. The van der Waals surface area contributed by atoms with Crippen molar-refractivity contribution in [2.45, 2.75) is 57.4 Å². The summed E-state index contributed by atoms with van der Waals surface area (Å²) in [7, 11) is 0. The van der Waals surface area contributed by atoms with Crippen LogP contribution in [0.2, 0.25) is 0 Å². The lowest BCUT2D eigenvalue weighted by Gasteiger charge is -2.42. The van der Waals surface area contributed by atoms with Crippen molar-refractivity contribution in [3.8, 4) is 0 Å². The van der Waals surface area contributed by atoms with Gasteiger partial charge in [-0.2, -0.15) is 0 Å². The highest BCUT2D eigenvalue weighted by Gasteiger charge is 2.37. The summed E-state index contributed by atoms with van der Waals surface area (Å²) in [6.07, 6.45) is 10.7. The summed E-state index contributed by atoms with van der Waals surface area (Å²) in [5.41, 5.74) is 0.533. The number of rotatable bonds is 7. The molecule has 2 rings (SSSR count). The van der Waals surface area contributed by atoms with E-state index in [-0.39, 0.29) is 0 Å². The third-order valence-corrected chi connectivity index (χ3v) is 5.87. The minimum absolute atomic E-state index is 0.338. The van der Waals surface area contributed by atoms with Gasteiger partial charge >= 0.3 is 0 Å². The number of aliphatic hydroxyl groups excluding tert-OH is 1. The number of aliphatic hydroxyl groups is 1. The Kier molecular flexibility index (Phi) is 5.31. The second kappa shape index (κ2) is 6.53. The Morgan fingerprint density at radius 3 is 2.35 bits per heavy atom. The Labute approximate surface area is 114 Å². The lowest BCUT2D eigenvalue weighted by Crippen LogP contribution is -2.47. The summed E-state index contributed by atoms with van der Waals surface area (Å²) in [6.45, 7) is 2.68. The van der Waals surface area contributed by atoms with E-state index < -0.39 is 0 Å². The van der Waals surface area contributed by atoms with E-state index in [4.69, 9.17) is 5.11 Å². The van der Waals surface area contributed by atoms with Crippen molar-refractivity contribution in [1.29, 1.82) is 0 Å². The second-order valence-electron chi connectivity index (χ2n) is 5.97. The molecule has 0 spiro atoms. The van der Waals surface area contributed by atoms with E-state index in [1.54, 1.807) is 0 Å². The molecule has 1 N–H and O–H groups in total. The van der Waals surface area contributed by atoms with Crippen molar-refractivity contribution in [2.75, 3.05) is 25.0 Å². The van der Waals surface area contributed by atoms with Gasteiger partial charge in [-0.05, 0) is 37.5 Å². The summed E-state index contributed by atoms with van der Waals surface area (Å²) in [5.74, 6) is 0. The third kappa shape index (κ3) is 3.45. The van der Waals surface area contributed by atoms with Gasteiger partial charge in [0.1, 0.15) is 0 Å². The van der Waals surface area contributed by atoms with Gasteiger partial charge in [-0.25, -0.2) is 0 Å². The molecule has 0 unspecified atom stereocenters. The van der Waals surface area contributed by atoms with Crippen molar-refractivity contribution in [1.82, 2.24) is 4.90 Å². The smallest absolute Gasteiger partial charge is 0.0443 e. The van der Waals surface area contributed by atoms with Crippen molar-refractivity contribution in [3.63, 3.8) is 0 Å². The summed E-state index contributed by atoms with van der Waals surface area (Å²) in [4.78, 5) is 2.67. The molecule has 2 nitrogen and oxygen atoms in total. The molecule has 0 radical (unpaired) electrons. The first-order valence-electron chi connectivity index (χ1n) is 7.20. The zero-order chi connectivity index (χ0) is 12.1. The largest absolute Gasteiger partial charge is 0.396 e. The van der Waals surface area contributed by atoms with Crippen LogP contribution in [0, 0.1) is 5.41 Å². The molecule has 0 heterocycles. The number of halogens is 1. The molecule has 0 aromatic carbocycles. The molecular weight excluding hydrogens is 278 g/mol. The monoisotopic (exact) mass is 303 g/mol. The SMILES string of the molecule is OCCCN(CC1(CBr)CCCC1)C1CCC1. The predicted molar refractivity (Wildman–Crippen MR) is 75.6 cm³/mol. The van der Waals surface area contributed by atoms with Crippen molar-refractivity contribution < 1.29 is 5.11 Å². The normalized spacial score (nSPS) is 24.2. The average molecular weight is 304 g/mol. The molecule has 0 atom stereocenters. The summed E-state index contributed by atoms with van der Waals surface area (Å²) in [6, 6.07) is 0.818. The second-order valence-corrected chi connectivity index (χ2v) is 6.53. The first-order chi connectivity index (χ1) is 8.29. The van der Waals surface area contributed by atoms with Crippen LogP contribution in [0.1, 0.15) is 51.4 Å². The minimum Gasteiger partial charge on any atom is -0.396 e. The molecule has 0 aromatic heterocycles. The molecule has 2 aliphatic rings. The molecule has 3 heteroatoms. The number of hydrogen-bond acceptors (Lipinski definition) is 2. The summed E-state index contributed by atoms with van der Waals surface area (Å²) in [5, 5.41) is 10.2. The Hall–Kier alpha value is 0.400. The van der Waals surface area contributed by atoms with Crippen LogP contribution in [-0.4, -0.2) is 41.1 Å².